The van der Waals surface area contributed by atoms with Crippen LogP contribution in [-0.2, 0) is 14.3 Å². The summed E-state index contributed by atoms with van der Waals surface area (Å²) in [5.41, 5.74) is 10.2. The van der Waals surface area contributed by atoms with Crippen molar-refractivity contribution in [1.29, 1.82) is 0 Å². The average molecular weight is 526 g/mol. The predicted octanol–water partition coefficient (Wildman–Crippen LogP) is 2.61. The van der Waals surface area contributed by atoms with E-state index in [0.29, 0.717) is 18.0 Å². The Bertz CT molecular complexity index is 1090. The van der Waals surface area contributed by atoms with Crippen LogP contribution in [0.15, 0.2) is 29.4 Å². The number of azide groups is 1. The van der Waals surface area contributed by atoms with Gasteiger partial charge in [0.15, 0.2) is 5.78 Å². The van der Waals surface area contributed by atoms with E-state index in [9.17, 15) is 14.4 Å². The molecule has 1 N–H and O–H groups in total. The van der Waals surface area contributed by atoms with Crippen molar-refractivity contribution >= 4 is 23.3 Å². The van der Waals surface area contributed by atoms with Crippen LogP contribution in [-0.4, -0.2) is 97.0 Å². The molecule has 0 radical (unpaired) electrons. The molecule has 4 atom stereocenters. The van der Waals surface area contributed by atoms with Crippen molar-refractivity contribution in [2.75, 3.05) is 44.2 Å². The summed E-state index contributed by atoms with van der Waals surface area (Å²) in [6.45, 7) is 14.2. The SMILES string of the molecule is CC(C)N1CCN(c2ccc(C(=O)N[C@@H](CC(C)(C)C)C(=O)N3C[C@H](N=[N+]=[N-])[C@H]4OCC(=O)[C@H]43)cc2)CC1. The maximum atomic E-state index is 13.7. The van der Waals surface area contributed by atoms with Crippen molar-refractivity contribution in [2.24, 2.45) is 10.5 Å². The van der Waals surface area contributed by atoms with E-state index in [0.717, 1.165) is 31.9 Å². The molecule has 0 aliphatic carbocycles. The van der Waals surface area contributed by atoms with Gasteiger partial charge in [0, 0.05) is 54.9 Å². The summed E-state index contributed by atoms with van der Waals surface area (Å²) in [5.74, 6) is -0.929. The largest absolute Gasteiger partial charge is 0.369 e. The van der Waals surface area contributed by atoms with E-state index in [1.54, 1.807) is 12.1 Å². The normalized spacial score (nSPS) is 24.8. The summed E-state index contributed by atoms with van der Waals surface area (Å²) in [6.07, 6.45) is -0.270. The average Bonchev–Trinajstić information content (AvgIpc) is 3.43. The second-order valence-electron chi connectivity index (χ2n) is 11.9. The van der Waals surface area contributed by atoms with Crippen LogP contribution in [0.5, 0.6) is 0 Å². The van der Waals surface area contributed by atoms with Crippen molar-refractivity contribution in [3.8, 4) is 0 Å². The lowest BCUT2D eigenvalue weighted by Gasteiger charge is -2.38. The lowest BCUT2D eigenvalue weighted by Crippen LogP contribution is -2.53. The number of benzene rings is 1. The Balaban J connectivity index is 1.46. The molecule has 4 rings (SSSR count). The van der Waals surface area contributed by atoms with Gasteiger partial charge in [0.25, 0.3) is 5.91 Å². The number of anilines is 1. The minimum atomic E-state index is -0.842. The molecule has 3 fully saturated rings. The van der Waals surface area contributed by atoms with E-state index in [-0.39, 0.29) is 36.2 Å². The van der Waals surface area contributed by atoms with Gasteiger partial charge in [-0.25, -0.2) is 0 Å². The number of ketones is 1. The van der Waals surface area contributed by atoms with Crippen molar-refractivity contribution in [3.63, 3.8) is 0 Å². The molecule has 206 valence electrons. The van der Waals surface area contributed by atoms with Gasteiger partial charge >= 0.3 is 0 Å². The van der Waals surface area contributed by atoms with Crippen LogP contribution in [0.1, 0.15) is 51.4 Å². The summed E-state index contributed by atoms with van der Waals surface area (Å²) in [6, 6.07) is 5.73. The molecular weight excluding hydrogens is 486 g/mol. The Morgan fingerprint density at radius 3 is 2.39 bits per heavy atom. The summed E-state index contributed by atoms with van der Waals surface area (Å²) >= 11 is 0. The van der Waals surface area contributed by atoms with Gasteiger partial charge in [-0.2, -0.15) is 0 Å². The molecule has 0 saturated carbocycles. The van der Waals surface area contributed by atoms with E-state index >= 15 is 0 Å². The first-order valence-corrected chi connectivity index (χ1v) is 13.4. The number of carbonyl (C=O) groups excluding carboxylic acids is 3. The third-order valence-corrected chi connectivity index (χ3v) is 7.60. The molecule has 1 aromatic rings. The Labute approximate surface area is 224 Å². The van der Waals surface area contributed by atoms with Crippen molar-refractivity contribution < 1.29 is 19.1 Å². The minimum absolute atomic E-state index is 0.0826. The van der Waals surface area contributed by atoms with Crippen LogP contribution in [0.25, 0.3) is 10.4 Å². The molecule has 38 heavy (non-hydrogen) atoms. The van der Waals surface area contributed by atoms with E-state index in [2.05, 4.69) is 39.0 Å². The molecule has 3 aliphatic heterocycles. The number of carbonyl (C=O) groups is 3. The topological polar surface area (TPSA) is 131 Å². The quantitative estimate of drug-likeness (QED) is 0.331. The minimum Gasteiger partial charge on any atom is -0.369 e. The van der Waals surface area contributed by atoms with Crippen LogP contribution in [0.2, 0.25) is 0 Å². The first-order valence-electron chi connectivity index (χ1n) is 13.4. The number of hydrogen-bond acceptors (Lipinski definition) is 7. The van der Waals surface area contributed by atoms with Gasteiger partial charge < -0.3 is 19.9 Å². The standard InChI is InChI=1S/C27H39N7O4/c1-17(2)32-10-12-33(13-11-32)19-8-6-18(7-9-19)25(36)29-20(14-27(3,4)5)26(37)34-15-21(30-31-28)24-23(34)22(35)16-38-24/h6-9,17,20-21,23-24H,10-16H2,1-5H3,(H,29,36)/t20-,21-,23+,24+/m0/s1. The highest BCUT2D eigenvalue weighted by Crippen LogP contribution is 2.32. The van der Waals surface area contributed by atoms with Gasteiger partial charge in [-0.1, -0.05) is 25.9 Å². The van der Waals surface area contributed by atoms with E-state index in [1.165, 1.54) is 4.90 Å². The summed E-state index contributed by atoms with van der Waals surface area (Å²) < 4.78 is 5.54. The van der Waals surface area contributed by atoms with Crippen LogP contribution in [0.4, 0.5) is 5.69 Å². The molecule has 0 aromatic heterocycles. The fourth-order valence-electron chi connectivity index (χ4n) is 5.60. The Morgan fingerprint density at radius 1 is 1.16 bits per heavy atom. The first kappa shape index (κ1) is 27.9. The second-order valence-corrected chi connectivity index (χ2v) is 11.9. The zero-order valence-electron chi connectivity index (χ0n) is 23.0. The molecule has 0 unspecified atom stereocenters. The summed E-state index contributed by atoms with van der Waals surface area (Å²) in [5, 5.41) is 6.67. The number of nitrogens with one attached hydrogen (secondary N) is 1. The molecule has 3 saturated heterocycles. The molecule has 1 aromatic carbocycles. The lowest BCUT2D eigenvalue weighted by molar-refractivity contribution is -0.138. The zero-order valence-corrected chi connectivity index (χ0v) is 23.0. The Kier molecular flexibility index (Phi) is 8.30. The molecule has 3 heterocycles. The molecule has 0 bridgehead atoms. The fraction of sp³-hybridized carbons (Fsp3) is 0.667. The highest BCUT2D eigenvalue weighted by Gasteiger charge is 2.53. The Hall–Kier alpha value is -3.14. The number of likely N-dealkylation sites (tertiary alicyclic amines) is 1. The van der Waals surface area contributed by atoms with Crippen molar-refractivity contribution in [3.05, 3.63) is 40.3 Å². The van der Waals surface area contributed by atoms with E-state index in [1.807, 2.05) is 32.9 Å². The van der Waals surface area contributed by atoms with Crippen molar-refractivity contribution in [1.82, 2.24) is 15.1 Å². The summed E-state index contributed by atoms with van der Waals surface area (Å²) in [4.78, 5) is 48.6. The second kappa shape index (κ2) is 11.3. The molecule has 2 amide bonds. The number of nitrogens with zero attached hydrogens (tertiary/aromatic N) is 6. The van der Waals surface area contributed by atoms with Gasteiger partial charge in [0.2, 0.25) is 5.91 Å². The molecule has 0 spiro atoms. The highest BCUT2D eigenvalue weighted by atomic mass is 16.5. The number of piperazine rings is 1. The number of hydrogen-bond donors (Lipinski definition) is 1. The smallest absolute Gasteiger partial charge is 0.251 e. The molecule has 3 aliphatic rings. The van der Waals surface area contributed by atoms with Crippen LogP contribution in [0, 0.1) is 5.41 Å². The third-order valence-electron chi connectivity index (χ3n) is 7.60. The monoisotopic (exact) mass is 525 g/mol. The highest BCUT2D eigenvalue weighted by molar-refractivity contribution is 5.99. The number of ether oxygens (including phenoxy) is 1. The van der Waals surface area contributed by atoms with Gasteiger partial charge in [0.1, 0.15) is 18.7 Å². The number of Topliss-reactive ketones (excluding diaryl/α,β-unsaturated/α-hetero) is 1. The summed E-state index contributed by atoms with van der Waals surface area (Å²) in [7, 11) is 0. The van der Waals surface area contributed by atoms with Gasteiger partial charge in [-0.05, 0) is 55.5 Å². The zero-order chi connectivity index (χ0) is 27.6. The molecular formula is C27H39N7O4. The maximum absolute atomic E-state index is 13.7. The van der Waals surface area contributed by atoms with E-state index < -0.39 is 24.2 Å². The molecule has 11 heteroatoms. The van der Waals surface area contributed by atoms with Gasteiger partial charge in [-0.3, -0.25) is 19.3 Å². The van der Waals surface area contributed by atoms with E-state index in [4.69, 9.17) is 10.3 Å². The third kappa shape index (κ3) is 6.11. The lowest BCUT2D eigenvalue weighted by atomic mass is 9.87. The maximum Gasteiger partial charge on any atom is 0.251 e. The molecule has 11 nitrogen and oxygen atoms in total. The van der Waals surface area contributed by atoms with Gasteiger partial charge in [0.05, 0.1) is 12.1 Å². The number of amides is 2. The number of fused-ring (bicyclic) bond motifs is 1. The fourth-order valence-corrected chi connectivity index (χ4v) is 5.60. The van der Waals surface area contributed by atoms with Crippen LogP contribution >= 0.6 is 0 Å². The Morgan fingerprint density at radius 2 is 1.82 bits per heavy atom. The first-order chi connectivity index (χ1) is 18.0. The predicted molar refractivity (Wildman–Crippen MR) is 144 cm³/mol. The van der Waals surface area contributed by atoms with Gasteiger partial charge in [-0.15, -0.1) is 0 Å². The van der Waals surface area contributed by atoms with Crippen molar-refractivity contribution in [2.45, 2.75) is 71.3 Å². The number of rotatable bonds is 7. The van der Waals surface area contributed by atoms with Crippen LogP contribution < -0.4 is 10.2 Å². The van der Waals surface area contributed by atoms with Crippen LogP contribution in [0.3, 0.4) is 0 Å².